The maximum absolute atomic E-state index is 5.12. The third kappa shape index (κ3) is 1.85. The number of hydrogen-bond acceptors (Lipinski definition) is 3. The summed E-state index contributed by atoms with van der Waals surface area (Å²) in [4.78, 5) is 0. The number of rotatable bonds is 3. The molecule has 54 valence electrons. The largest absolute Gasteiger partial charge is 0.380 e. The fourth-order valence-corrected chi connectivity index (χ4v) is 0.917. The van der Waals surface area contributed by atoms with Gasteiger partial charge in [0.25, 0.3) is 0 Å². The summed E-state index contributed by atoms with van der Waals surface area (Å²) in [5, 5.41) is 0. The van der Waals surface area contributed by atoms with Crippen molar-refractivity contribution in [2.75, 3.05) is 25.8 Å². The van der Waals surface area contributed by atoms with E-state index in [2.05, 4.69) is 19.6 Å². The average molecular weight is 148 g/mol. The van der Waals surface area contributed by atoms with Gasteiger partial charge in [-0.05, 0) is 0 Å². The summed E-state index contributed by atoms with van der Waals surface area (Å²) in [6, 6.07) is 0. The first-order valence-corrected chi connectivity index (χ1v) is 3.66. The highest BCUT2D eigenvalue weighted by atomic mass is 32.1. The van der Waals surface area contributed by atoms with Gasteiger partial charge in [0.15, 0.2) is 0 Å². The van der Waals surface area contributed by atoms with Gasteiger partial charge in [0.1, 0.15) is 0 Å². The summed E-state index contributed by atoms with van der Waals surface area (Å²) in [6.45, 7) is 4.60. The third-order valence-corrected chi connectivity index (χ3v) is 1.63. The lowest BCUT2D eigenvalue weighted by molar-refractivity contribution is -0.133. The van der Waals surface area contributed by atoms with Crippen LogP contribution in [0.5, 0.6) is 0 Å². The second-order valence-electron chi connectivity index (χ2n) is 2.78. The zero-order valence-electron chi connectivity index (χ0n) is 5.59. The molecular weight excluding hydrogens is 136 g/mol. The van der Waals surface area contributed by atoms with Crippen LogP contribution in [0.2, 0.25) is 0 Å². The lowest BCUT2D eigenvalue weighted by Gasteiger charge is -2.37. The molecule has 0 amide bonds. The van der Waals surface area contributed by atoms with E-state index in [4.69, 9.17) is 9.47 Å². The Morgan fingerprint density at radius 2 is 2.33 bits per heavy atom. The predicted molar refractivity (Wildman–Crippen MR) is 38.7 cm³/mol. The van der Waals surface area contributed by atoms with Crippen LogP contribution in [0.3, 0.4) is 0 Å². The Kier molecular flexibility index (Phi) is 2.38. The van der Waals surface area contributed by atoms with E-state index in [0.29, 0.717) is 5.94 Å². The maximum atomic E-state index is 5.12. The van der Waals surface area contributed by atoms with Gasteiger partial charge in [0, 0.05) is 5.41 Å². The molecule has 9 heavy (non-hydrogen) atoms. The Bertz CT molecular complexity index is 91.1. The molecule has 0 saturated carbocycles. The summed E-state index contributed by atoms with van der Waals surface area (Å²) in [6.07, 6.45) is 0. The summed E-state index contributed by atoms with van der Waals surface area (Å²) in [5.74, 6) is 0.510. The predicted octanol–water partition coefficient (Wildman–Crippen LogP) is 0.927. The van der Waals surface area contributed by atoms with Crippen LogP contribution in [0.4, 0.5) is 0 Å². The van der Waals surface area contributed by atoms with Crippen LogP contribution in [-0.4, -0.2) is 25.8 Å². The van der Waals surface area contributed by atoms with E-state index in [0.717, 1.165) is 19.8 Å². The first kappa shape index (κ1) is 7.38. The van der Waals surface area contributed by atoms with Crippen molar-refractivity contribution in [1.29, 1.82) is 0 Å². The van der Waals surface area contributed by atoms with Gasteiger partial charge in [-0.3, -0.25) is 0 Å². The van der Waals surface area contributed by atoms with Gasteiger partial charge in [-0.1, -0.05) is 6.92 Å². The molecule has 0 aliphatic carbocycles. The summed E-state index contributed by atoms with van der Waals surface area (Å²) < 4.78 is 10.2. The number of thiol groups is 1. The molecule has 1 saturated heterocycles. The molecule has 0 atom stereocenters. The van der Waals surface area contributed by atoms with Crippen LogP contribution in [0.25, 0.3) is 0 Å². The fraction of sp³-hybridized carbons (Fsp3) is 1.00. The highest BCUT2D eigenvalue weighted by Gasteiger charge is 2.33. The quantitative estimate of drug-likeness (QED) is 0.474. The van der Waals surface area contributed by atoms with Crippen molar-refractivity contribution >= 4 is 12.6 Å². The van der Waals surface area contributed by atoms with Crippen molar-refractivity contribution in [2.45, 2.75) is 6.92 Å². The molecule has 3 heteroatoms. The van der Waals surface area contributed by atoms with E-state index in [9.17, 15) is 0 Å². The van der Waals surface area contributed by atoms with Crippen molar-refractivity contribution in [3.63, 3.8) is 0 Å². The van der Waals surface area contributed by atoms with Gasteiger partial charge >= 0.3 is 0 Å². The van der Waals surface area contributed by atoms with Gasteiger partial charge in [0.2, 0.25) is 0 Å². The Hall–Kier alpha value is 0.270. The van der Waals surface area contributed by atoms with Crippen LogP contribution in [-0.2, 0) is 9.47 Å². The Balaban J connectivity index is 2.09. The van der Waals surface area contributed by atoms with Gasteiger partial charge in [-0.15, -0.1) is 0 Å². The van der Waals surface area contributed by atoms with Crippen molar-refractivity contribution < 1.29 is 9.47 Å². The van der Waals surface area contributed by atoms with Crippen LogP contribution in [0.1, 0.15) is 6.92 Å². The standard InChI is InChI=1S/C6H12O2S/c1-6(2-7-3-6)4-8-5-9/h9H,2-5H2,1H3. The zero-order chi connectivity index (χ0) is 6.74. The average Bonchev–Trinajstić information content (AvgIpc) is 1.79. The minimum Gasteiger partial charge on any atom is -0.380 e. The number of hydrogen-bond donors (Lipinski definition) is 1. The molecule has 2 nitrogen and oxygen atoms in total. The van der Waals surface area contributed by atoms with Crippen LogP contribution in [0, 0.1) is 5.41 Å². The maximum Gasteiger partial charge on any atom is 0.0892 e. The van der Waals surface area contributed by atoms with E-state index in [-0.39, 0.29) is 5.41 Å². The molecule has 0 spiro atoms. The summed E-state index contributed by atoms with van der Waals surface area (Å²) in [7, 11) is 0. The van der Waals surface area contributed by atoms with Crippen LogP contribution in [0.15, 0.2) is 0 Å². The first-order valence-electron chi connectivity index (χ1n) is 3.03. The lowest BCUT2D eigenvalue weighted by Crippen LogP contribution is -2.43. The Morgan fingerprint density at radius 1 is 1.67 bits per heavy atom. The van der Waals surface area contributed by atoms with E-state index >= 15 is 0 Å². The molecule has 1 aliphatic heterocycles. The van der Waals surface area contributed by atoms with Crippen molar-refractivity contribution in [3.05, 3.63) is 0 Å². The Morgan fingerprint density at radius 3 is 2.67 bits per heavy atom. The topological polar surface area (TPSA) is 18.5 Å². The van der Waals surface area contributed by atoms with Crippen molar-refractivity contribution in [2.24, 2.45) is 5.41 Å². The van der Waals surface area contributed by atoms with E-state index in [1.165, 1.54) is 0 Å². The second-order valence-corrected chi connectivity index (χ2v) is 3.04. The molecule has 0 unspecified atom stereocenters. The highest BCUT2D eigenvalue weighted by molar-refractivity contribution is 7.80. The van der Waals surface area contributed by atoms with Crippen LogP contribution < -0.4 is 0 Å². The molecule has 1 aliphatic rings. The fourth-order valence-electron chi connectivity index (χ4n) is 0.826. The molecule has 1 fully saturated rings. The van der Waals surface area contributed by atoms with E-state index in [1.807, 2.05) is 0 Å². The minimum atomic E-state index is 0.280. The summed E-state index contributed by atoms with van der Waals surface area (Å²) in [5.41, 5.74) is 0.280. The van der Waals surface area contributed by atoms with Gasteiger partial charge in [0.05, 0.1) is 25.8 Å². The molecule has 0 radical (unpaired) electrons. The highest BCUT2D eigenvalue weighted by Crippen LogP contribution is 2.26. The second kappa shape index (κ2) is 2.90. The van der Waals surface area contributed by atoms with Gasteiger partial charge in [-0.25, -0.2) is 0 Å². The van der Waals surface area contributed by atoms with Gasteiger partial charge in [-0.2, -0.15) is 12.6 Å². The third-order valence-electron chi connectivity index (χ3n) is 1.44. The first-order chi connectivity index (χ1) is 4.27. The van der Waals surface area contributed by atoms with Gasteiger partial charge < -0.3 is 9.47 Å². The van der Waals surface area contributed by atoms with Crippen molar-refractivity contribution in [1.82, 2.24) is 0 Å². The van der Waals surface area contributed by atoms with Crippen molar-refractivity contribution in [3.8, 4) is 0 Å². The number of ether oxygens (including phenoxy) is 2. The molecule has 0 aromatic carbocycles. The smallest absolute Gasteiger partial charge is 0.0892 e. The molecule has 1 rings (SSSR count). The normalized spacial score (nSPS) is 23.3. The lowest BCUT2D eigenvalue weighted by atomic mass is 9.90. The molecule has 1 heterocycles. The van der Waals surface area contributed by atoms with E-state index in [1.54, 1.807) is 0 Å². The zero-order valence-corrected chi connectivity index (χ0v) is 6.49. The molecule has 0 bridgehead atoms. The molecule has 0 aromatic heterocycles. The Labute approximate surface area is 60.9 Å². The molecular formula is C6H12O2S. The SMILES string of the molecule is CC1(COCS)COC1. The molecule has 0 N–H and O–H groups in total. The van der Waals surface area contributed by atoms with E-state index < -0.39 is 0 Å². The van der Waals surface area contributed by atoms with Crippen LogP contribution >= 0.6 is 12.6 Å². The minimum absolute atomic E-state index is 0.280. The molecule has 0 aromatic rings. The summed E-state index contributed by atoms with van der Waals surface area (Å²) >= 11 is 3.93. The monoisotopic (exact) mass is 148 g/mol.